The van der Waals surface area contributed by atoms with Crippen LogP contribution in [-0.2, 0) is 19.7 Å². The van der Waals surface area contributed by atoms with Crippen LogP contribution in [0.5, 0.6) is 0 Å². The molecule has 7 heteroatoms. The van der Waals surface area contributed by atoms with E-state index in [9.17, 15) is 16.8 Å². The van der Waals surface area contributed by atoms with Crippen molar-refractivity contribution in [1.82, 2.24) is 0 Å². The van der Waals surface area contributed by atoms with Crippen LogP contribution in [0.2, 0.25) is 5.02 Å². The normalized spacial score (nSPS) is 16.0. The van der Waals surface area contributed by atoms with Crippen molar-refractivity contribution in [2.24, 2.45) is 0 Å². The molecule has 0 N–H and O–H groups in total. The molecule has 33 heavy (non-hydrogen) atoms. The average molecular weight is 502 g/mol. The van der Waals surface area contributed by atoms with E-state index in [2.05, 4.69) is 6.07 Å². The molecular formula is C26H26ClO4S2. The standard InChI is InChI=1S/C26H26ClO4S2/c1-18(20(3)32(28,29)23-11-7-5-8-12-23)25-16-15-22(27)17-26(25)19(2)21(4)33(30,31)24-13-9-6-10-14-24/h5-16,20-21H,1-4H3. The SMILES string of the molecule is CC(=c1[c]c(Cl)ccc1=C(C)C(C)S(=O)(=O)c1ccccc1)C(C)S(=O)(=O)c1ccccc1. The summed E-state index contributed by atoms with van der Waals surface area (Å²) in [5.74, 6) is 0. The molecule has 0 saturated carbocycles. The minimum Gasteiger partial charge on any atom is -0.223 e. The lowest BCUT2D eigenvalue weighted by molar-refractivity contribution is 0.590. The van der Waals surface area contributed by atoms with E-state index in [4.69, 9.17) is 11.6 Å². The van der Waals surface area contributed by atoms with Crippen molar-refractivity contribution in [2.45, 2.75) is 48.0 Å². The average Bonchev–Trinajstić information content (AvgIpc) is 2.83. The molecule has 4 nitrogen and oxygen atoms in total. The fourth-order valence-electron chi connectivity index (χ4n) is 3.62. The van der Waals surface area contributed by atoms with Crippen LogP contribution in [-0.4, -0.2) is 27.3 Å². The first-order chi connectivity index (χ1) is 15.5. The Kier molecular flexibility index (Phi) is 7.52. The summed E-state index contributed by atoms with van der Waals surface area (Å²) < 4.78 is 52.9. The fourth-order valence-corrected chi connectivity index (χ4v) is 6.85. The van der Waals surface area contributed by atoms with E-state index in [0.717, 1.165) is 0 Å². The zero-order valence-electron chi connectivity index (χ0n) is 18.9. The van der Waals surface area contributed by atoms with Gasteiger partial charge in [-0.1, -0.05) is 54.1 Å². The van der Waals surface area contributed by atoms with Crippen LogP contribution in [0.25, 0.3) is 11.1 Å². The van der Waals surface area contributed by atoms with Crippen molar-refractivity contribution in [2.75, 3.05) is 0 Å². The van der Waals surface area contributed by atoms with Crippen molar-refractivity contribution in [3.63, 3.8) is 0 Å². The number of hydrogen-bond donors (Lipinski definition) is 0. The van der Waals surface area contributed by atoms with Crippen molar-refractivity contribution in [3.8, 4) is 0 Å². The summed E-state index contributed by atoms with van der Waals surface area (Å²) in [6.45, 7) is 6.72. The van der Waals surface area contributed by atoms with E-state index < -0.39 is 30.2 Å². The maximum atomic E-state index is 13.2. The molecule has 0 spiro atoms. The fraction of sp³-hybridized carbons (Fsp3) is 0.231. The van der Waals surface area contributed by atoms with E-state index in [1.54, 1.807) is 100 Å². The molecule has 1 radical (unpaired) electrons. The number of sulfone groups is 2. The molecule has 3 rings (SSSR count). The van der Waals surface area contributed by atoms with Gasteiger partial charge in [0.05, 0.1) is 20.3 Å². The van der Waals surface area contributed by atoms with E-state index in [-0.39, 0.29) is 9.79 Å². The molecule has 3 aromatic carbocycles. The summed E-state index contributed by atoms with van der Waals surface area (Å²) in [7, 11) is -7.30. The number of benzene rings is 3. The second-order valence-electron chi connectivity index (χ2n) is 7.96. The molecule has 0 aliphatic heterocycles. The quantitative estimate of drug-likeness (QED) is 0.507. The van der Waals surface area contributed by atoms with Crippen molar-refractivity contribution >= 4 is 42.4 Å². The van der Waals surface area contributed by atoms with Gasteiger partial charge >= 0.3 is 0 Å². The zero-order valence-corrected chi connectivity index (χ0v) is 21.3. The van der Waals surface area contributed by atoms with Gasteiger partial charge in [0.25, 0.3) is 0 Å². The Hall–Kier alpha value is -2.41. The monoisotopic (exact) mass is 501 g/mol. The lowest BCUT2D eigenvalue weighted by atomic mass is 10.0. The van der Waals surface area contributed by atoms with Gasteiger partial charge in [-0.15, -0.1) is 0 Å². The van der Waals surface area contributed by atoms with Gasteiger partial charge in [0.2, 0.25) is 0 Å². The molecule has 0 aliphatic carbocycles. The van der Waals surface area contributed by atoms with Crippen LogP contribution < -0.4 is 10.4 Å². The predicted octanol–water partition coefficient (Wildman–Crippen LogP) is 4.21. The second-order valence-corrected chi connectivity index (χ2v) is 12.9. The zero-order chi connectivity index (χ0) is 24.4. The third-order valence-corrected chi connectivity index (χ3v) is 10.7. The third-order valence-electron chi connectivity index (χ3n) is 6.02. The number of hydrogen-bond acceptors (Lipinski definition) is 4. The maximum Gasteiger partial charge on any atom is 0.184 e. The Morgan fingerprint density at radius 1 is 0.697 bits per heavy atom. The molecule has 0 bridgehead atoms. The first kappa shape index (κ1) is 25.2. The van der Waals surface area contributed by atoms with Gasteiger partial charge in [0, 0.05) is 11.1 Å². The largest absolute Gasteiger partial charge is 0.223 e. The Morgan fingerprint density at radius 3 is 1.58 bits per heavy atom. The van der Waals surface area contributed by atoms with Gasteiger partial charge in [-0.2, -0.15) is 0 Å². The molecule has 0 amide bonds. The highest BCUT2D eigenvalue weighted by Crippen LogP contribution is 2.22. The number of rotatable bonds is 6. The van der Waals surface area contributed by atoms with Gasteiger partial charge in [0.1, 0.15) is 0 Å². The molecule has 3 aromatic rings. The molecule has 0 heterocycles. The molecule has 0 aromatic heterocycles. The van der Waals surface area contributed by atoms with Gasteiger partial charge < -0.3 is 0 Å². The molecule has 2 unspecified atom stereocenters. The first-order valence-electron chi connectivity index (χ1n) is 10.4. The van der Waals surface area contributed by atoms with E-state index in [0.29, 0.717) is 26.6 Å². The summed E-state index contributed by atoms with van der Waals surface area (Å²) in [5.41, 5.74) is 1.13. The summed E-state index contributed by atoms with van der Waals surface area (Å²) in [5, 5.41) is -0.255. The molecule has 0 saturated heterocycles. The molecule has 0 fully saturated rings. The van der Waals surface area contributed by atoms with Crippen LogP contribution >= 0.6 is 11.6 Å². The topological polar surface area (TPSA) is 68.3 Å². The summed E-state index contributed by atoms with van der Waals surface area (Å²) in [6.07, 6.45) is 0. The Balaban J connectivity index is 2.25. The Bertz CT molecular complexity index is 1480. The minimum absolute atomic E-state index is 0.223. The lowest BCUT2D eigenvalue weighted by Crippen LogP contribution is -2.36. The van der Waals surface area contributed by atoms with Gasteiger partial charge in [-0.25, -0.2) is 16.8 Å². The Morgan fingerprint density at radius 2 is 1.12 bits per heavy atom. The van der Waals surface area contributed by atoms with Crippen LogP contribution in [0, 0.1) is 6.07 Å². The van der Waals surface area contributed by atoms with Crippen LogP contribution in [0.4, 0.5) is 0 Å². The summed E-state index contributed by atoms with van der Waals surface area (Å²) in [4.78, 5) is 0.457. The van der Waals surface area contributed by atoms with Gasteiger partial charge in [0.15, 0.2) is 19.7 Å². The summed E-state index contributed by atoms with van der Waals surface area (Å²) >= 11 is 6.22. The van der Waals surface area contributed by atoms with E-state index in [1.165, 1.54) is 0 Å². The minimum atomic E-state index is -3.66. The summed E-state index contributed by atoms with van der Waals surface area (Å²) in [6, 6.07) is 22.9. The molecule has 173 valence electrons. The van der Waals surface area contributed by atoms with E-state index >= 15 is 0 Å². The smallest absolute Gasteiger partial charge is 0.184 e. The van der Waals surface area contributed by atoms with Crippen LogP contribution in [0.15, 0.2) is 82.6 Å². The molecular weight excluding hydrogens is 476 g/mol. The third kappa shape index (κ3) is 5.08. The second kappa shape index (κ2) is 9.84. The van der Waals surface area contributed by atoms with E-state index in [1.807, 2.05) is 0 Å². The molecule has 2 atom stereocenters. The lowest BCUT2D eigenvalue weighted by Gasteiger charge is -2.17. The van der Waals surface area contributed by atoms with Gasteiger partial charge in [-0.05, 0) is 79.6 Å². The van der Waals surface area contributed by atoms with Crippen molar-refractivity contribution in [1.29, 1.82) is 0 Å². The highest BCUT2D eigenvalue weighted by atomic mass is 35.5. The molecule has 0 aliphatic rings. The maximum absolute atomic E-state index is 13.2. The van der Waals surface area contributed by atoms with Crippen LogP contribution in [0.3, 0.4) is 0 Å². The van der Waals surface area contributed by atoms with Crippen LogP contribution in [0.1, 0.15) is 27.7 Å². The first-order valence-corrected chi connectivity index (χ1v) is 13.9. The Labute approximate surface area is 201 Å². The highest BCUT2D eigenvalue weighted by Gasteiger charge is 2.27. The van der Waals surface area contributed by atoms with Crippen molar-refractivity contribution < 1.29 is 16.8 Å². The highest BCUT2D eigenvalue weighted by molar-refractivity contribution is 7.92. The van der Waals surface area contributed by atoms with Gasteiger partial charge in [-0.3, -0.25) is 0 Å². The predicted molar refractivity (Wildman–Crippen MR) is 134 cm³/mol. The number of halogens is 1. The van der Waals surface area contributed by atoms with Crippen molar-refractivity contribution in [3.05, 3.63) is 94.3 Å².